The quantitative estimate of drug-likeness (QED) is 0.131. The molecule has 0 spiro atoms. The Morgan fingerprint density at radius 2 is 1.00 bits per heavy atom. The van der Waals surface area contributed by atoms with Gasteiger partial charge in [0, 0.05) is 6.42 Å². The minimum absolute atomic E-state index is 1.11. The van der Waals surface area contributed by atoms with Crippen molar-refractivity contribution in [2.75, 3.05) is 0 Å². The molecular formula is C28H55N2+. The molecule has 0 radical (unpaired) electrons. The SMILES string of the molecule is CCCCCCCCCCCCCCCCCc1n(CCCCCC)cc[n+]1CC. The molecule has 2 heteroatoms. The summed E-state index contributed by atoms with van der Waals surface area (Å²) in [6.07, 6.45) is 32.9. The number of rotatable bonds is 22. The molecular weight excluding hydrogens is 364 g/mol. The summed E-state index contributed by atoms with van der Waals surface area (Å²) in [6, 6.07) is 0. The molecule has 2 nitrogen and oxygen atoms in total. The van der Waals surface area contributed by atoms with E-state index in [1.165, 1.54) is 135 Å². The van der Waals surface area contributed by atoms with Crippen LogP contribution < -0.4 is 4.57 Å². The molecule has 0 aliphatic heterocycles. The van der Waals surface area contributed by atoms with E-state index in [4.69, 9.17) is 0 Å². The van der Waals surface area contributed by atoms with Gasteiger partial charge in [0.05, 0.1) is 13.1 Å². The van der Waals surface area contributed by atoms with Crippen LogP contribution in [0.1, 0.15) is 149 Å². The molecule has 1 rings (SSSR count). The molecule has 0 unspecified atom stereocenters. The van der Waals surface area contributed by atoms with Gasteiger partial charge < -0.3 is 0 Å². The van der Waals surface area contributed by atoms with Crippen molar-refractivity contribution in [1.82, 2.24) is 4.57 Å². The van der Waals surface area contributed by atoms with Crippen LogP contribution in [0.5, 0.6) is 0 Å². The molecule has 0 aliphatic carbocycles. The van der Waals surface area contributed by atoms with E-state index >= 15 is 0 Å². The van der Waals surface area contributed by atoms with Crippen LogP contribution in [0.15, 0.2) is 12.4 Å². The summed E-state index contributed by atoms with van der Waals surface area (Å²) in [5.74, 6) is 1.56. The topological polar surface area (TPSA) is 8.81 Å². The number of imidazole rings is 1. The molecule has 0 fully saturated rings. The van der Waals surface area contributed by atoms with Gasteiger partial charge >= 0.3 is 0 Å². The molecule has 0 aliphatic rings. The minimum Gasteiger partial charge on any atom is -0.235 e. The van der Waals surface area contributed by atoms with Gasteiger partial charge in [-0.15, -0.1) is 0 Å². The van der Waals surface area contributed by atoms with E-state index in [9.17, 15) is 0 Å². The number of aromatic nitrogens is 2. The Morgan fingerprint density at radius 1 is 0.567 bits per heavy atom. The van der Waals surface area contributed by atoms with Crippen LogP contribution in [0.2, 0.25) is 0 Å². The fourth-order valence-corrected chi connectivity index (χ4v) is 4.64. The molecule has 1 aromatic rings. The zero-order valence-corrected chi connectivity index (χ0v) is 21.1. The van der Waals surface area contributed by atoms with Crippen molar-refractivity contribution in [3.05, 3.63) is 18.2 Å². The highest BCUT2D eigenvalue weighted by molar-refractivity contribution is 4.84. The Labute approximate surface area is 189 Å². The van der Waals surface area contributed by atoms with Crippen LogP contribution in [0, 0.1) is 0 Å². The van der Waals surface area contributed by atoms with Crippen molar-refractivity contribution in [2.24, 2.45) is 0 Å². The second kappa shape index (κ2) is 20.1. The van der Waals surface area contributed by atoms with E-state index < -0.39 is 0 Å². The third-order valence-corrected chi connectivity index (χ3v) is 6.69. The lowest BCUT2D eigenvalue weighted by Crippen LogP contribution is -2.36. The third-order valence-electron chi connectivity index (χ3n) is 6.69. The van der Waals surface area contributed by atoms with Crippen molar-refractivity contribution in [3.8, 4) is 0 Å². The normalized spacial score (nSPS) is 11.4. The van der Waals surface area contributed by atoms with E-state index in [-0.39, 0.29) is 0 Å². The van der Waals surface area contributed by atoms with Crippen LogP contribution >= 0.6 is 0 Å². The first-order valence-electron chi connectivity index (χ1n) is 13.9. The van der Waals surface area contributed by atoms with Gasteiger partial charge in [-0.05, 0) is 26.2 Å². The Kier molecular flexibility index (Phi) is 18.3. The summed E-state index contributed by atoms with van der Waals surface area (Å²) in [6.45, 7) is 9.19. The first kappa shape index (κ1) is 27.2. The second-order valence-corrected chi connectivity index (χ2v) is 9.45. The summed E-state index contributed by atoms with van der Waals surface area (Å²) in [7, 11) is 0. The van der Waals surface area contributed by atoms with Crippen molar-refractivity contribution in [1.29, 1.82) is 0 Å². The highest BCUT2D eigenvalue weighted by Crippen LogP contribution is 2.14. The van der Waals surface area contributed by atoms with Gasteiger partial charge in [-0.3, -0.25) is 0 Å². The maximum absolute atomic E-state index is 2.53. The molecule has 1 aromatic heterocycles. The Bertz CT molecular complexity index is 477. The molecule has 0 N–H and O–H groups in total. The van der Waals surface area contributed by atoms with Gasteiger partial charge in [0.2, 0.25) is 0 Å². The lowest BCUT2D eigenvalue weighted by Gasteiger charge is -2.05. The maximum atomic E-state index is 2.53. The van der Waals surface area contributed by atoms with Gasteiger partial charge in [0.1, 0.15) is 12.4 Å². The molecule has 0 aromatic carbocycles. The van der Waals surface area contributed by atoms with Gasteiger partial charge in [-0.1, -0.05) is 117 Å². The van der Waals surface area contributed by atoms with Crippen molar-refractivity contribution < 1.29 is 4.57 Å². The number of unbranched alkanes of at least 4 members (excludes halogenated alkanes) is 17. The summed E-state index contributed by atoms with van der Waals surface area (Å²) in [5, 5.41) is 0. The van der Waals surface area contributed by atoms with Crippen LogP contribution in [-0.2, 0) is 19.5 Å². The van der Waals surface area contributed by atoms with E-state index in [2.05, 4.69) is 42.3 Å². The summed E-state index contributed by atoms with van der Waals surface area (Å²) in [5.41, 5.74) is 0. The molecule has 30 heavy (non-hydrogen) atoms. The first-order valence-corrected chi connectivity index (χ1v) is 13.9. The monoisotopic (exact) mass is 419 g/mol. The lowest BCUT2D eigenvalue weighted by atomic mass is 10.0. The lowest BCUT2D eigenvalue weighted by molar-refractivity contribution is -0.700. The fourth-order valence-electron chi connectivity index (χ4n) is 4.64. The zero-order valence-electron chi connectivity index (χ0n) is 21.1. The fraction of sp³-hybridized carbons (Fsp3) is 0.893. The summed E-state index contributed by atoms with van der Waals surface area (Å²) in [4.78, 5) is 0. The van der Waals surface area contributed by atoms with Gasteiger partial charge in [-0.25, -0.2) is 9.13 Å². The van der Waals surface area contributed by atoms with Gasteiger partial charge in [0.15, 0.2) is 0 Å². The second-order valence-electron chi connectivity index (χ2n) is 9.45. The van der Waals surface area contributed by atoms with Crippen LogP contribution in [0.25, 0.3) is 0 Å². The Balaban J connectivity index is 1.99. The molecule has 0 saturated heterocycles. The standard InChI is InChI=1S/C28H55N2/c1-4-7-9-11-12-13-14-15-16-17-18-19-20-21-22-24-28-29(6-3)26-27-30(28)25-23-10-8-5-2/h26-27H,4-25H2,1-3H3/q+1. The average molecular weight is 420 g/mol. The zero-order chi connectivity index (χ0) is 21.7. The van der Waals surface area contributed by atoms with Gasteiger partial charge in [0.25, 0.3) is 5.82 Å². The van der Waals surface area contributed by atoms with Crippen LogP contribution in [0.3, 0.4) is 0 Å². The highest BCUT2D eigenvalue weighted by Gasteiger charge is 2.15. The number of hydrogen-bond donors (Lipinski definition) is 0. The van der Waals surface area contributed by atoms with E-state index in [1.54, 1.807) is 5.82 Å². The largest absolute Gasteiger partial charge is 0.256 e. The molecule has 0 saturated carbocycles. The van der Waals surface area contributed by atoms with Crippen LogP contribution in [-0.4, -0.2) is 4.57 Å². The highest BCUT2D eigenvalue weighted by atomic mass is 15.1. The van der Waals surface area contributed by atoms with E-state index in [1.807, 2.05) is 0 Å². The minimum atomic E-state index is 1.11. The van der Waals surface area contributed by atoms with Crippen LogP contribution in [0.4, 0.5) is 0 Å². The third kappa shape index (κ3) is 13.5. The van der Waals surface area contributed by atoms with E-state index in [0.717, 1.165) is 6.54 Å². The first-order chi connectivity index (χ1) is 14.8. The number of hydrogen-bond acceptors (Lipinski definition) is 0. The van der Waals surface area contributed by atoms with Crippen molar-refractivity contribution in [2.45, 2.75) is 162 Å². The number of nitrogens with zero attached hydrogens (tertiary/aromatic N) is 2. The molecule has 0 amide bonds. The average Bonchev–Trinajstić information content (AvgIpc) is 3.15. The molecule has 1 heterocycles. The predicted octanol–water partition coefficient (Wildman–Crippen LogP) is 8.79. The smallest absolute Gasteiger partial charge is 0.235 e. The molecule has 0 atom stereocenters. The van der Waals surface area contributed by atoms with Crippen molar-refractivity contribution in [3.63, 3.8) is 0 Å². The molecule has 176 valence electrons. The maximum Gasteiger partial charge on any atom is 0.256 e. The Hall–Kier alpha value is -0.790. The summed E-state index contributed by atoms with van der Waals surface area (Å²) >= 11 is 0. The number of aryl methyl sites for hydroxylation is 2. The predicted molar refractivity (Wildman–Crippen MR) is 133 cm³/mol. The van der Waals surface area contributed by atoms with Crippen molar-refractivity contribution >= 4 is 0 Å². The van der Waals surface area contributed by atoms with E-state index in [0.29, 0.717) is 0 Å². The Morgan fingerprint density at radius 3 is 1.47 bits per heavy atom. The molecule has 0 bridgehead atoms. The summed E-state index contributed by atoms with van der Waals surface area (Å²) < 4.78 is 4.99. The van der Waals surface area contributed by atoms with Gasteiger partial charge in [-0.2, -0.15) is 0 Å².